The van der Waals surface area contributed by atoms with Crippen LogP contribution in [0.5, 0.6) is 0 Å². The van der Waals surface area contributed by atoms with E-state index in [-0.39, 0.29) is 53.1 Å². The number of carbonyl (C=O) groups is 6. The Hall–Kier alpha value is -4.76. The summed E-state index contributed by atoms with van der Waals surface area (Å²) in [7, 11) is 0. The molecular formula is C23H14F6N4O6. The van der Waals surface area contributed by atoms with Crippen molar-refractivity contribution < 1.29 is 55.1 Å². The van der Waals surface area contributed by atoms with E-state index < -0.39 is 47.8 Å². The second kappa shape index (κ2) is 9.52. The molecule has 16 heteroatoms. The molecule has 2 aromatic carbocycles. The topological polar surface area (TPSA) is 133 Å². The molecule has 0 saturated carbocycles. The van der Waals surface area contributed by atoms with Crippen molar-refractivity contribution in [3.63, 3.8) is 0 Å². The van der Waals surface area contributed by atoms with Crippen LogP contribution < -0.4 is 10.6 Å². The number of fused-ring (bicyclic) bond motifs is 2. The number of hydrogen-bond donors (Lipinski definition) is 2. The maximum absolute atomic E-state index is 12.7. The van der Waals surface area contributed by atoms with Crippen LogP contribution in [-0.4, -0.2) is 70.7 Å². The molecule has 0 aromatic heterocycles. The van der Waals surface area contributed by atoms with Gasteiger partial charge in [0.05, 0.1) is 22.3 Å². The van der Waals surface area contributed by atoms with Crippen LogP contribution in [0, 0.1) is 0 Å². The Morgan fingerprint density at radius 2 is 0.923 bits per heavy atom. The average molecular weight is 556 g/mol. The number of amides is 6. The number of carbonyl (C=O) groups excluding carboxylic acids is 6. The highest BCUT2D eigenvalue weighted by Gasteiger charge is 2.41. The van der Waals surface area contributed by atoms with Gasteiger partial charge in [-0.1, -0.05) is 0 Å². The second-order valence-electron chi connectivity index (χ2n) is 8.30. The van der Waals surface area contributed by atoms with E-state index >= 15 is 0 Å². The zero-order valence-corrected chi connectivity index (χ0v) is 19.2. The number of nitrogens with zero attached hydrogens (tertiary/aromatic N) is 2. The Kier molecular flexibility index (Phi) is 6.66. The molecule has 2 N–H and O–H groups in total. The Balaban J connectivity index is 1.40. The second-order valence-corrected chi connectivity index (χ2v) is 8.30. The molecule has 4 rings (SSSR count). The fourth-order valence-corrected chi connectivity index (χ4v) is 3.93. The van der Waals surface area contributed by atoms with E-state index in [2.05, 4.69) is 0 Å². The van der Waals surface area contributed by atoms with Crippen LogP contribution in [0.25, 0.3) is 0 Å². The first-order valence-corrected chi connectivity index (χ1v) is 10.9. The van der Waals surface area contributed by atoms with Crippen molar-refractivity contribution in [3.8, 4) is 0 Å². The van der Waals surface area contributed by atoms with E-state index in [4.69, 9.17) is 0 Å². The van der Waals surface area contributed by atoms with Crippen LogP contribution in [0.3, 0.4) is 0 Å². The van der Waals surface area contributed by atoms with Crippen molar-refractivity contribution in [3.05, 3.63) is 58.7 Å². The highest BCUT2D eigenvalue weighted by atomic mass is 19.4. The Morgan fingerprint density at radius 3 is 1.26 bits per heavy atom. The average Bonchev–Trinajstić information content (AvgIpc) is 3.22. The molecule has 0 fully saturated rings. The SMILES string of the molecule is O=C1c2ccc(NC(=O)C(F)(F)F)cc2C(=O)N1CCCN1C(=O)c2ccc(NC(=O)C(F)(F)F)cc2C1=O. The van der Waals surface area contributed by atoms with Gasteiger partial charge in [-0.2, -0.15) is 26.3 Å². The lowest BCUT2D eigenvalue weighted by atomic mass is 10.1. The van der Waals surface area contributed by atoms with Gasteiger partial charge in [0.15, 0.2) is 0 Å². The predicted octanol–water partition coefficient (Wildman–Crippen LogP) is 2.97. The largest absolute Gasteiger partial charge is 0.471 e. The summed E-state index contributed by atoms with van der Waals surface area (Å²) in [5.41, 5.74) is -1.49. The van der Waals surface area contributed by atoms with Gasteiger partial charge in [0.2, 0.25) is 0 Å². The molecule has 0 radical (unpaired) electrons. The highest BCUT2D eigenvalue weighted by Crippen LogP contribution is 2.29. The van der Waals surface area contributed by atoms with Crippen LogP contribution in [0.15, 0.2) is 36.4 Å². The van der Waals surface area contributed by atoms with Crippen LogP contribution in [-0.2, 0) is 9.59 Å². The van der Waals surface area contributed by atoms with Crippen LogP contribution >= 0.6 is 0 Å². The molecule has 204 valence electrons. The molecule has 0 spiro atoms. The van der Waals surface area contributed by atoms with Crippen LogP contribution in [0.2, 0.25) is 0 Å². The first-order chi connectivity index (χ1) is 18.1. The van der Waals surface area contributed by atoms with Gasteiger partial charge in [-0.15, -0.1) is 0 Å². The maximum atomic E-state index is 12.7. The van der Waals surface area contributed by atoms with E-state index in [9.17, 15) is 55.1 Å². The lowest BCUT2D eigenvalue weighted by Gasteiger charge is -2.17. The fourth-order valence-electron chi connectivity index (χ4n) is 3.93. The molecule has 10 nitrogen and oxygen atoms in total. The van der Waals surface area contributed by atoms with E-state index in [1.807, 2.05) is 0 Å². The van der Waals surface area contributed by atoms with E-state index in [1.54, 1.807) is 10.6 Å². The monoisotopic (exact) mass is 556 g/mol. The number of nitrogens with one attached hydrogen (secondary N) is 2. The van der Waals surface area contributed by atoms with Gasteiger partial charge >= 0.3 is 24.2 Å². The quantitative estimate of drug-likeness (QED) is 0.416. The molecular weight excluding hydrogens is 542 g/mol. The van der Waals surface area contributed by atoms with Gasteiger partial charge in [0.1, 0.15) is 0 Å². The highest BCUT2D eigenvalue weighted by molar-refractivity contribution is 6.23. The number of imide groups is 2. The minimum absolute atomic E-state index is 0.105. The number of halogens is 6. The molecule has 2 aliphatic rings. The van der Waals surface area contributed by atoms with Gasteiger partial charge in [0, 0.05) is 24.5 Å². The molecule has 2 aliphatic heterocycles. The summed E-state index contributed by atoms with van der Waals surface area (Å²) in [6, 6.07) is 6.00. The van der Waals surface area contributed by atoms with E-state index in [0.717, 1.165) is 46.2 Å². The molecule has 0 atom stereocenters. The van der Waals surface area contributed by atoms with Crippen molar-refractivity contribution in [2.45, 2.75) is 18.8 Å². The lowest BCUT2D eigenvalue weighted by molar-refractivity contribution is -0.167. The third-order valence-corrected chi connectivity index (χ3v) is 5.74. The first kappa shape index (κ1) is 27.3. The Morgan fingerprint density at radius 1 is 0.590 bits per heavy atom. The summed E-state index contributed by atoms with van der Waals surface area (Å²) >= 11 is 0. The Labute approximate surface area is 213 Å². The number of benzene rings is 2. The molecule has 6 amide bonds. The zero-order chi connectivity index (χ0) is 28.9. The van der Waals surface area contributed by atoms with E-state index in [0.29, 0.717) is 0 Å². The predicted molar refractivity (Wildman–Crippen MR) is 118 cm³/mol. The third-order valence-electron chi connectivity index (χ3n) is 5.74. The summed E-state index contributed by atoms with van der Waals surface area (Å²) in [5, 5.41) is 3.15. The van der Waals surface area contributed by atoms with Gasteiger partial charge in [0.25, 0.3) is 23.6 Å². The minimum Gasteiger partial charge on any atom is -0.318 e. The van der Waals surface area contributed by atoms with Crippen LogP contribution in [0.1, 0.15) is 47.9 Å². The van der Waals surface area contributed by atoms with Crippen molar-refractivity contribution >= 4 is 46.8 Å². The van der Waals surface area contributed by atoms with Crippen molar-refractivity contribution in [2.24, 2.45) is 0 Å². The van der Waals surface area contributed by atoms with Gasteiger partial charge in [-0.3, -0.25) is 38.6 Å². The van der Waals surface area contributed by atoms with Gasteiger partial charge < -0.3 is 10.6 Å². The van der Waals surface area contributed by atoms with Crippen molar-refractivity contribution in [1.82, 2.24) is 9.80 Å². The number of hydrogen-bond acceptors (Lipinski definition) is 6. The Bertz CT molecular complexity index is 1340. The normalized spacial score (nSPS) is 15.0. The summed E-state index contributed by atoms with van der Waals surface area (Å²) < 4.78 is 74.9. The molecule has 0 bridgehead atoms. The fraction of sp³-hybridized carbons (Fsp3) is 0.217. The summed E-state index contributed by atoms with van der Waals surface area (Å²) in [5.74, 6) is -7.85. The zero-order valence-electron chi connectivity index (χ0n) is 19.2. The molecule has 2 aromatic rings. The molecule has 39 heavy (non-hydrogen) atoms. The molecule has 0 aliphatic carbocycles. The molecule has 0 saturated heterocycles. The summed E-state index contributed by atoms with van der Waals surface area (Å²) in [6.07, 6.45) is -10.5. The molecule has 0 unspecified atom stereocenters. The standard InChI is InChI=1S/C23H14F6N4O6/c24-22(25,26)20(38)30-10-2-4-12-14(8-10)18(36)32(16(12)34)6-1-7-33-17(35)13-5-3-11(9-15(13)19(33)37)31-21(39)23(27,28)29/h2-5,8-9H,1,6-7H2,(H,30,38)(H,31,39). The van der Waals surface area contributed by atoms with Gasteiger partial charge in [-0.05, 0) is 42.8 Å². The third kappa shape index (κ3) is 5.17. The van der Waals surface area contributed by atoms with Gasteiger partial charge in [-0.25, -0.2) is 0 Å². The van der Waals surface area contributed by atoms with E-state index in [1.165, 1.54) is 0 Å². The van der Waals surface area contributed by atoms with Crippen LogP contribution in [0.4, 0.5) is 37.7 Å². The van der Waals surface area contributed by atoms with Crippen molar-refractivity contribution in [1.29, 1.82) is 0 Å². The number of anilines is 2. The summed E-state index contributed by atoms with van der Waals surface area (Å²) in [6.45, 7) is -0.590. The number of rotatable bonds is 6. The smallest absolute Gasteiger partial charge is 0.318 e. The molecule has 2 heterocycles. The summed E-state index contributed by atoms with van der Waals surface area (Å²) in [4.78, 5) is 74.3. The lowest BCUT2D eigenvalue weighted by Crippen LogP contribution is -2.35. The van der Waals surface area contributed by atoms with Crippen molar-refractivity contribution in [2.75, 3.05) is 23.7 Å². The number of alkyl halides is 6. The minimum atomic E-state index is -5.17. The first-order valence-electron chi connectivity index (χ1n) is 10.9. The maximum Gasteiger partial charge on any atom is 0.471 e.